The minimum absolute atomic E-state index is 0. The molecule has 0 amide bonds. The zero-order valence-electron chi connectivity index (χ0n) is 14.2. The third-order valence-corrected chi connectivity index (χ3v) is 4.23. The SMILES string of the molecule is Cl.N=C(N)c1ccc2[nH]c(/C=C/c3cc4cc(C(=N)N)ccc4o3)cc2c1. The van der Waals surface area contributed by atoms with Gasteiger partial charge in [-0.15, -0.1) is 12.4 Å². The summed E-state index contributed by atoms with van der Waals surface area (Å²) in [5.41, 5.74) is 15.1. The number of aromatic amines is 1. The van der Waals surface area contributed by atoms with Gasteiger partial charge in [0.1, 0.15) is 23.0 Å². The summed E-state index contributed by atoms with van der Waals surface area (Å²) in [7, 11) is 0. The van der Waals surface area contributed by atoms with Crippen LogP contribution in [0.1, 0.15) is 22.6 Å². The highest BCUT2D eigenvalue weighted by atomic mass is 35.5. The molecule has 4 aromatic rings. The second kappa shape index (κ2) is 7.01. The molecule has 0 aliphatic heterocycles. The Kier molecular flexibility index (Phi) is 4.75. The second-order valence-electron chi connectivity index (χ2n) is 6.09. The molecular weight excluding hydrogens is 362 g/mol. The zero-order chi connectivity index (χ0) is 18.3. The lowest BCUT2D eigenvalue weighted by Gasteiger charge is -1.96. The van der Waals surface area contributed by atoms with Gasteiger partial charge in [0, 0.05) is 33.1 Å². The van der Waals surface area contributed by atoms with Crippen LogP contribution in [-0.4, -0.2) is 16.7 Å². The molecule has 0 aliphatic carbocycles. The van der Waals surface area contributed by atoms with Crippen molar-refractivity contribution in [2.75, 3.05) is 0 Å². The summed E-state index contributed by atoms with van der Waals surface area (Å²) in [6.45, 7) is 0. The quantitative estimate of drug-likeness (QED) is 0.270. The van der Waals surface area contributed by atoms with Crippen molar-refractivity contribution in [1.82, 2.24) is 4.98 Å². The lowest BCUT2D eigenvalue weighted by Crippen LogP contribution is -2.10. The Morgan fingerprint density at radius 3 is 2.22 bits per heavy atom. The number of halogens is 1. The summed E-state index contributed by atoms with van der Waals surface area (Å²) in [6.07, 6.45) is 3.81. The number of rotatable bonds is 4. The van der Waals surface area contributed by atoms with Gasteiger partial charge in [0.05, 0.1) is 0 Å². The van der Waals surface area contributed by atoms with Crippen molar-refractivity contribution in [1.29, 1.82) is 10.8 Å². The molecule has 0 saturated heterocycles. The predicted octanol–water partition coefficient (Wildman–Crippen LogP) is 4.07. The minimum Gasteiger partial charge on any atom is -0.457 e. The van der Waals surface area contributed by atoms with Gasteiger partial charge in [-0.1, -0.05) is 0 Å². The first-order valence-electron chi connectivity index (χ1n) is 8.03. The lowest BCUT2D eigenvalue weighted by atomic mass is 10.1. The van der Waals surface area contributed by atoms with Crippen LogP contribution in [0.4, 0.5) is 0 Å². The summed E-state index contributed by atoms with van der Waals surface area (Å²) in [6, 6.07) is 14.9. The van der Waals surface area contributed by atoms with E-state index < -0.39 is 0 Å². The number of hydrogen-bond acceptors (Lipinski definition) is 3. The number of nitrogen functional groups attached to an aromatic ring is 2. The molecule has 0 aliphatic rings. The van der Waals surface area contributed by atoms with E-state index in [1.807, 2.05) is 54.6 Å². The molecule has 0 unspecified atom stereocenters. The first-order chi connectivity index (χ1) is 12.5. The highest BCUT2D eigenvalue weighted by Gasteiger charge is 2.05. The maximum Gasteiger partial charge on any atom is 0.134 e. The van der Waals surface area contributed by atoms with Crippen LogP contribution in [0.15, 0.2) is 52.9 Å². The van der Waals surface area contributed by atoms with E-state index in [4.69, 9.17) is 26.7 Å². The molecule has 7 heteroatoms. The van der Waals surface area contributed by atoms with Crippen LogP contribution in [0.5, 0.6) is 0 Å². The number of amidine groups is 2. The Morgan fingerprint density at radius 2 is 1.52 bits per heavy atom. The van der Waals surface area contributed by atoms with Gasteiger partial charge in [0.15, 0.2) is 0 Å². The van der Waals surface area contributed by atoms with Gasteiger partial charge in [-0.25, -0.2) is 0 Å². The number of benzene rings is 2. The van der Waals surface area contributed by atoms with E-state index in [0.29, 0.717) is 16.9 Å². The van der Waals surface area contributed by atoms with Gasteiger partial charge in [0.25, 0.3) is 0 Å². The largest absolute Gasteiger partial charge is 0.457 e. The van der Waals surface area contributed by atoms with E-state index in [-0.39, 0.29) is 24.1 Å². The maximum absolute atomic E-state index is 7.53. The molecule has 0 atom stereocenters. The standard InChI is InChI=1S/C20H17N5O.ClH/c21-19(22)11-1-5-17-13(7-11)9-15(25-17)3-4-16-10-14-8-12(20(23)24)2-6-18(14)26-16;/h1-10,25H,(H3,21,22)(H3,23,24);1H/b4-3+;. The molecule has 6 nitrogen and oxygen atoms in total. The molecule has 0 fully saturated rings. The normalized spacial score (nSPS) is 11.1. The third kappa shape index (κ3) is 3.56. The van der Waals surface area contributed by atoms with Crippen molar-refractivity contribution in [3.8, 4) is 0 Å². The molecular formula is C20H18ClN5O. The van der Waals surface area contributed by atoms with Crippen molar-refractivity contribution in [2.45, 2.75) is 0 Å². The number of nitrogens with two attached hydrogens (primary N) is 2. The monoisotopic (exact) mass is 379 g/mol. The summed E-state index contributed by atoms with van der Waals surface area (Å²) in [5, 5.41) is 16.9. The first-order valence-corrected chi connectivity index (χ1v) is 8.03. The Labute approximate surface area is 161 Å². The number of hydrogen-bond donors (Lipinski definition) is 5. The van der Waals surface area contributed by atoms with Gasteiger partial charge in [-0.3, -0.25) is 10.8 Å². The fraction of sp³-hybridized carbons (Fsp3) is 0. The summed E-state index contributed by atoms with van der Waals surface area (Å²) >= 11 is 0. The first kappa shape index (κ1) is 18.3. The van der Waals surface area contributed by atoms with E-state index in [1.54, 1.807) is 6.07 Å². The fourth-order valence-corrected chi connectivity index (χ4v) is 2.90. The van der Waals surface area contributed by atoms with Crippen LogP contribution in [0.2, 0.25) is 0 Å². The number of fused-ring (bicyclic) bond motifs is 2. The summed E-state index contributed by atoms with van der Waals surface area (Å²) in [4.78, 5) is 3.31. The van der Waals surface area contributed by atoms with Crippen molar-refractivity contribution < 1.29 is 4.42 Å². The second-order valence-corrected chi connectivity index (χ2v) is 6.09. The lowest BCUT2D eigenvalue weighted by molar-refractivity contribution is 0.604. The minimum atomic E-state index is 0. The van der Waals surface area contributed by atoms with E-state index in [0.717, 1.165) is 27.6 Å². The van der Waals surface area contributed by atoms with Crippen molar-refractivity contribution in [2.24, 2.45) is 11.5 Å². The van der Waals surface area contributed by atoms with Gasteiger partial charge >= 0.3 is 0 Å². The predicted molar refractivity (Wildman–Crippen MR) is 113 cm³/mol. The molecule has 136 valence electrons. The van der Waals surface area contributed by atoms with Crippen LogP contribution in [0.3, 0.4) is 0 Å². The smallest absolute Gasteiger partial charge is 0.134 e. The van der Waals surface area contributed by atoms with Gasteiger partial charge in [0.2, 0.25) is 0 Å². The Bertz CT molecular complexity index is 1110. The average Bonchev–Trinajstić information content (AvgIpc) is 3.21. The van der Waals surface area contributed by atoms with Gasteiger partial charge < -0.3 is 20.9 Å². The Balaban J connectivity index is 0.00000210. The Morgan fingerprint density at radius 1 is 0.852 bits per heavy atom. The van der Waals surface area contributed by atoms with Gasteiger partial charge in [-0.05, 0) is 60.7 Å². The van der Waals surface area contributed by atoms with E-state index in [9.17, 15) is 0 Å². The van der Waals surface area contributed by atoms with Crippen molar-refractivity contribution in [3.63, 3.8) is 0 Å². The van der Waals surface area contributed by atoms with Crippen LogP contribution in [-0.2, 0) is 0 Å². The molecule has 2 aromatic carbocycles. The molecule has 27 heavy (non-hydrogen) atoms. The molecule has 2 heterocycles. The average molecular weight is 380 g/mol. The highest BCUT2D eigenvalue weighted by Crippen LogP contribution is 2.23. The van der Waals surface area contributed by atoms with Crippen molar-refractivity contribution in [3.05, 3.63) is 71.1 Å². The van der Waals surface area contributed by atoms with Crippen LogP contribution in [0, 0.1) is 10.8 Å². The van der Waals surface area contributed by atoms with Crippen LogP contribution in [0.25, 0.3) is 34.0 Å². The van der Waals surface area contributed by atoms with Gasteiger partial charge in [-0.2, -0.15) is 0 Å². The van der Waals surface area contributed by atoms with E-state index in [1.165, 1.54) is 0 Å². The molecule has 0 spiro atoms. The molecule has 0 saturated carbocycles. The van der Waals surface area contributed by atoms with Crippen LogP contribution < -0.4 is 11.5 Å². The molecule has 4 rings (SSSR count). The Hall–Kier alpha value is -3.51. The third-order valence-electron chi connectivity index (χ3n) is 4.23. The summed E-state index contributed by atoms with van der Waals surface area (Å²) in [5.74, 6) is 0.800. The number of H-pyrrole nitrogens is 1. The van der Waals surface area contributed by atoms with Crippen LogP contribution >= 0.6 is 12.4 Å². The highest BCUT2D eigenvalue weighted by molar-refractivity contribution is 6.00. The molecule has 7 N–H and O–H groups in total. The molecule has 2 aromatic heterocycles. The van der Waals surface area contributed by atoms with E-state index in [2.05, 4.69) is 4.98 Å². The number of nitrogens with one attached hydrogen (secondary N) is 3. The topological polar surface area (TPSA) is 129 Å². The zero-order valence-corrected chi connectivity index (χ0v) is 15.1. The number of furan rings is 1. The molecule has 0 bridgehead atoms. The van der Waals surface area contributed by atoms with E-state index >= 15 is 0 Å². The fourth-order valence-electron chi connectivity index (χ4n) is 2.90. The summed E-state index contributed by atoms with van der Waals surface area (Å²) < 4.78 is 5.79. The number of aromatic nitrogens is 1. The maximum atomic E-state index is 7.53. The molecule has 0 radical (unpaired) electrons. The van der Waals surface area contributed by atoms with Crippen molar-refractivity contribution >= 4 is 58.1 Å².